The maximum absolute atomic E-state index is 13.1. The van der Waals surface area contributed by atoms with Crippen molar-refractivity contribution in [3.63, 3.8) is 0 Å². The van der Waals surface area contributed by atoms with Gasteiger partial charge in [0, 0.05) is 43.4 Å². The smallest absolute Gasteiger partial charge is 0.343 e. The van der Waals surface area contributed by atoms with Gasteiger partial charge >= 0.3 is 5.97 Å². The lowest BCUT2D eigenvalue weighted by molar-refractivity contribution is -0.116. The highest BCUT2D eigenvalue weighted by molar-refractivity contribution is 5.96. The molecule has 0 radical (unpaired) electrons. The van der Waals surface area contributed by atoms with Crippen molar-refractivity contribution >= 4 is 28.6 Å². The van der Waals surface area contributed by atoms with Crippen molar-refractivity contribution in [3.8, 4) is 11.1 Å². The standard InChI is InChI=1S/C24H25N3O4/c1-5-31-24(30)20-13-27(17-7-8-17)22-14(2)18(9-10-19(22)23(20)29)16-6-11-21(25-12-16)26(4)15(3)28/h6,9-13,17H,5,7-8H2,1-4H3. The maximum Gasteiger partial charge on any atom is 0.343 e. The molecule has 1 saturated carbocycles. The predicted molar refractivity (Wildman–Crippen MR) is 119 cm³/mol. The van der Waals surface area contributed by atoms with E-state index in [1.54, 1.807) is 38.5 Å². The highest BCUT2D eigenvalue weighted by Gasteiger charge is 2.28. The molecule has 3 aromatic rings. The lowest BCUT2D eigenvalue weighted by Crippen LogP contribution is -2.23. The molecule has 1 aromatic carbocycles. The van der Waals surface area contributed by atoms with Crippen molar-refractivity contribution in [1.29, 1.82) is 0 Å². The van der Waals surface area contributed by atoms with Gasteiger partial charge in [-0.15, -0.1) is 0 Å². The summed E-state index contributed by atoms with van der Waals surface area (Å²) in [7, 11) is 1.68. The summed E-state index contributed by atoms with van der Waals surface area (Å²) in [6.07, 6.45) is 5.41. The molecular formula is C24H25N3O4. The number of aryl methyl sites for hydroxylation is 1. The highest BCUT2D eigenvalue weighted by atomic mass is 16.5. The average molecular weight is 419 g/mol. The topological polar surface area (TPSA) is 81.5 Å². The van der Waals surface area contributed by atoms with Gasteiger partial charge in [-0.1, -0.05) is 6.07 Å². The van der Waals surface area contributed by atoms with E-state index in [1.807, 2.05) is 23.6 Å². The van der Waals surface area contributed by atoms with Crippen molar-refractivity contribution in [2.45, 2.75) is 39.7 Å². The molecule has 0 unspecified atom stereocenters. The molecule has 0 aliphatic heterocycles. The number of carbonyl (C=O) groups excluding carboxylic acids is 2. The van der Waals surface area contributed by atoms with E-state index >= 15 is 0 Å². The molecule has 0 N–H and O–H groups in total. The number of hydrogen-bond acceptors (Lipinski definition) is 5. The summed E-state index contributed by atoms with van der Waals surface area (Å²) in [6, 6.07) is 7.66. The number of benzene rings is 1. The molecule has 1 amide bonds. The molecule has 0 bridgehead atoms. The van der Waals surface area contributed by atoms with E-state index in [1.165, 1.54) is 11.8 Å². The van der Waals surface area contributed by atoms with Gasteiger partial charge in [0.2, 0.25) is 11.3 Å². The number of amides is 1. The number of nitrogens with zero attached hydrogens (tertiary/aromatic N) is 3. The van der Waals surface area contributed by atoms with E-state index < -0.39 is 5.97 Å². The SMILES string of the molecule is CCOC(=O)c1cn(C2CC2)c2c(C)c(-c3ccc(N(C)C(C)=O)nc3)ccc2c1=O. The number of anilines is 1. The predicted octanol–water partition coefficient (Wildman–Crippen LogP) is 3.87. The average Bonchev–Trinajstić information content (AvgIpc) is 3.59. The van der Waals surface area contributed by atoms with E-state index in [0.29, 0.717) is 11.2 Å². The van der Waals surface area contributed by atoms with E-state index in [0.717, 1.165) is 35.0 Å². The summed E-state index contributed by atoms with van der Waals surface area (Å²) in [5, 5.41) is 0.514. The third-order valence-corrected chi connectivity index (χ3v) is 5.76. The van der Waals surface area contributed by atoms with Gasteiger partial charge in [0.1, 0.15) is 11.4 Å². The Balaban J connectivity index is 1.87. The third kappa shape index (κ3) is 3.71. The minimum Gasteiger partial charge on any atom is -0.462 e. The number of ether oxygens (including phenoxy) is 1. The Hall–Kier alpha value is -3.48. The molecule has 2 aromatic heterocycles. The molecule has 7 nitrogen and oxygen atoms in total. The Morgan fingerprint density at radius 1 is 1.23 bits per heavy atom. The summed E-state index contributed by atoms with van der Waals surface area (Å²) in [5.41, 5.74) is 3.40. The van der Waals surface area contributed by atoms with Crippen LogP contribution in [0.4, 0.5) is 5.82 Å². The Bertz CT molecular complexity index is 1240. The van der Waals surface area contributed by atoms with Crippen molar-refractivity contribution in [2.75, 3.05) is 18.6 Å². The van der Waals surface area contributed by atoms with Crippen LogP contribution in [-0.2, 0) is 9.53 Å². The quantitative estimate of drug-likeness (QED) is 0.587. The largest absolute Gasteiger partial charge is 0.462 e. The Labute approximate surface area is 180 Å². The molecule has 31 heavy (non-hydrogen) atoms. The van der Waals surface area contributed by atoms with E-state index in [-0.39, 0.29) is 29.5 Å². The Morgan fingerprint density at radius 3 is 2.55 bits per heavy atom. The summed E-state index contributed by atoms with van der Waals surface area (Å²) in [6.45, 7) is 5.42. The van der Waals surface area contributed by atoms with Crippen LogP contribution in [0.3, 0.4) is 0 Å². The van der Waals surface area contributed by atoms with Crippen LogP contribution >= 0.6 is 0 Å². The fourth-order valence-corrected chi connectivity index (χ4v) is 3.84. The Morgan fingerprint density at radius 2 is 1.97 bits per heavy atom. The number of pyridine rings is 2. The number of esters is 1. The van der Waals surface area contributed by atoms with Crippen molar-refractivity contribution in [1.82, 2.24) is 9.55 Å². The molecule has 7 heteroatoms. The summed E-state index contributed by atoms with van der Waals surface area (Å²) < 4.78 is 7.14. The first-order valence-corrected chi connectivity index (χ1v) is 10.4. The minimum absolute atomic E-state index is 0.0756. The van der Waals surface area contributed by atoms with Gasteiger partial charge in [-0.2, -0.15) is 0 Å². The molecule has 0 spiro atoms. The zero-order valence-electron chi connectivity index (χ0n) is 18.1. The molecule has 4 rings (SSSR count). The van der Waals surface area contributed by atoms with Crippen LogP contribution in [0.25, 0.3) is 22.0 Å². The van der Waals surface area contributed by atoms with Crippen LogP contribution < -0.4 is 10.3 Å². The molecule has 1 aliphatic rings. The normalized spacial score (nSPS) is 13.3. The Kier molecular flexibility index (Phi) is 5.35. The maximum atomic E-state index is 13.1. The van der Waals surface area contributed by atoms with Gasteiger partial charge in [0.05, 0.1) is 12.1 Å². The molecular weight excluding hydrogens is 394 g/mol. The van der Waals surface area contributed by atoms with Crippen LogP contribution in [0.1, 0.15) is 48.7 Å². The molecule has 1 aliphatic carbocycles. The molecule has 0 saturated heterocycles. The first kappa shape index (κ1) is 20.8. The van der Waals surface area contributed by atoms with Gasteiger partial charge < -0.3 is 14.2 Å². The lowest BCUT2D eigenvalue weighted by atomic mass is 9.97. The molecule has 160 valence electrons. The summed E-state index contributed by atoms with van der Waals surface area (Å²) >= 11 is 0. The van der Waals surface area contributed by atoms with Gasteiger partial charge in [-0.3, -0.25) is 9.59 Å². The van der Waals surface area contributed by atoms with Crippen LogP contribution in [0.2, 0.25) is 0 Å². The second-order valence-corrected chi connectivity index (χ2v) is 7.85. The van der Waals surface area contributed by atoms with Crippen LogP contribution in [0.15, 0.2) is 41.5 Å². The summed E-state index contributed by atoms with van der Waals surface area (Å²) in [5.74, 6) is -0.100. The second-order valence-electron chi connectivity index (χ2n) is 7.85. The van der Waals surface area contributed by atoms with Crippen LogP contribution in [0.5, 0.6) is 0 Å². The van der Waals surface area contributed by atoms with Gasteiger partial charge in [0.15, 0.2) is 0 Å². The van der Waals surface area contributed by atoms with Crippen molar-refractivity contribution in [3.05, 3.63) is 58.0 Å². The monoisotopic (exact) mass is 419 g/mol. The lowest BCUT2D eigenvalue weighted by Gasteiger charge is -2.18. The van der Waals surface area contributed by atoms with Gasteiger partial charge in [0.25, 0.3) is 0 Å². The zero-order valence-corrected chi connectivity index (χ0v) is 18.1. The van der Waals surface area contributed by atoms with E-state index in [2.05, 4.69) is 4.98 Å². The van der Waals surface area contributed by atoms with Gasteiger partial charge in [-0.05, 0) is 56.0 Å². The molecule has 2 heterocycles. The van der Waals surface area contributed by atoms with Crippen molar-refractivity contribution < 1.29 is 14.3 Å². The minimum atomic E-state index is -0.583. The fourth-order valence-electron chi connectivity index (χ4n) is 3.84. The number of fused-ring (bicyclic) bond motifs is 1. The van der Waals surface area contributed by atoms with Gasteiger partial charge in [-0.25, -0.2) is 9.78 Å². The first-order valence-electron chi connectivity index (χ1n) is 10.4. The van der Waals surface area contributed by atoms with Crippen LogP contribution in [-0.4, -0.2) is 35.1 Å². The number of aromatic nitrogens is 2. The molecule has 1 fully saturated rings. The number of hydrogen-bond donors (Lipinski definition) is 0. The third-order valence-electron chi connectivity index (χ3n) is 5.76. The summed E-state index contributed by atoms with van der Waals surface area (Å²) in [4.78, 5) is 42.9. The number of rotatable bonds is 5. The zero-order chi connectivity index (χ0) is 22.3. The van der Waals surface area contributed by atoms with Crippen LogP contribution in [0, 0.1) is 6.92 Å². The molecule has 0 atom stereocenters. The second kappa shape index (κ2) is 7.98. The van der Waals surface area contributed by atoms with Crippen molar-refractivity contribution in [2.24, 2.45) is 0 Å². The highest BCUT2D eigenvalue weighted by Crippen LogP contribution is 2.39. The van der Waals surface area contributed by atoms with E-state index in [9.17, 15) is 14.4 Å². The fraction of sp³-hybridized carbons (Fsp3) is 0.333. The first-order chi connectivity index (χ1) is 14.8. The van der Waals surface area contributed by atoms with E-state index in [4.69, 9.17) is 4.74 Å². The number of carbonyl (C=O) groups is 2.